The monoisotopic (exact) mass is 348 g/mol. The van der Waals surface area contributed by atoms with Crippen LogP contribution >= 0.6 is 11.8 Å². The van der Waals surface area contributed by atoms with Gasteiger partial charge in [0.15, 0.2) is 0 Å². The molecule has 2 N–H and O–H groups in total. The molecule has 2 amide bonds. The van der Waals surface area contributed by atoms with Crippen LogP contribution in [0.2, 0.25) is 0 Å². The zero-order valence-electron chi connectivity index (χ0n) is 12.8. The summed E-state index contributed by atoms with van der Waals surface area (Å²) in [5.41, 5.74) is 6.61. The Hall–Kier alpha value is -2.41. The quantitative estimate of drug-likeness (QED) is 0.923. The second-order valence-corrected chi connectivity index (χ2v) is 6.43. The summed E-state index contributed by atoms with van der Waals surface area (Å²) < 4.78 is 25.9. The number of primary amides is 1. The van der Waals surface area contributed by atoms with Crippen molar-refractivity contribution < 1.29 is 18.4 Å². The molecule has 1 aliphatic rings. The van der Waals surface area contributed by atoms with Crippen LogP contribution in [-0.4, -0.2) is 24.6 Å². The minimum Gasteiger partial charge on any atom is -0.368 e. The van der Waals surface area contributed by atoms with Crippen molar-refractivity contribution >= 4 is 29.3 Å². The number of carbonyl (C=O) groups is 2. The van der Waals surface area contributed by atoms with Gasteiger partial charge in [0.1, 0.15) is 22.9 Å². The Morgan fingerprint density at radius 3 is 2.38 bits per heavy atom. The minimum absolute atomic E-state index is 0.305. The number of anilines is 1. The van der Waals surface area contributed by atoms with E-state index >= 15 is 0 Å². The molecule has 124 valence electrons. The Bertz CT molecular complexity index is 826. The van der Waals surface area contributed by atoms with Gasteiger partial charge in [-0.3, -0.25) is 9.59 Å². The van der Waals surface area contributed by atoms with Crippen molar-refractivity contribution in [3.05, 3.63) is 65.2 Å². The first-order chi connectivity index (χ1) is 11.4. The molecule has 0 aliphatic carbocycles. The maximum atomic E-state index is 13.8. The van der Waals surface area contributed by atoms with E-state index in [2.05, 4.69) is 0 Å². The number of amides is 2. The van der Waals surface area contributed by atoms with Crippen molar-refractivity contribution in [2.45, 2.75) is 4.75 Å². The lowest BCUT2D eigenvalue weighted by Gasteiger charge is -2.27. The van der Waals surface area contributed by atoms with Gasteiger partial charge in [0.2, 0.25) is 5.91 Å². The van der Waals surface area contributed by atoms with E-state index < -0.39 is 28.2 Å². The molecule has 0 bridgehead atoms. The second-order valence-electron chi connectivity index (χ2n) is 5.41. The molecule has 24 heavy (non-hydrogen) atoms. The van der Waals surface area contributed by atoms with Crippen LogP contribution in [0.5, 0.6) is 0 Å². The minimum atomic E-state index is -1.25. The molecular formula is C17H14F2N2O2S. The Kier molecular flexibility index (Phi) is 4.04. The summed E-state index contributed by atoms with van der Waals surface area (Å²) in [4.78, 5) is 25.7. The van der Waals surface area contributed by atoms with Crippen LogP contribution < -0.4 is 10.6 Å². The van der Waals surface area contributed by atoms with E-state index in [1.807, 2.05) is 0 Å². The van der Waals surface area contributed by atoms with Crippen LogP contribution in [0.4, 0.5) is 14.5 Å². The van der Waals surface area contributed by atoms with Crippen molar-refractivity contribution in [1.29, 1.82) is 0 Å². The van der Waals surface area contributed by atoms with Gasteiger partial charge in [0, 0.05) is 11.3 Å². The van der Waals surface area contributed by atoms with Gasteiger partial charge in [0.05, 0.1) is 0 Å². The fourth-order valence-electron chi connectivity index (χ4n) is 3.03. The first kappa shape index (κ1) is 16.4. The van der Waals surface area contributed by atoms with Gasteiger partial charge in [0.25, 0.3) is 5.91 Å². The maximum absolute atomic E-state index is 13.8. The van der Waals surface area contributed by atoms with Crippen LogP contribution in [-0.2, 0) is 14.3 Å². The molecule has 2 aromatic rings. The average Bonchev–Trinajstić information content (AvgIpc) is 2.77. The summed E-state index contributed by atoms with van der Waals surface area (Å²) in [6.07, 6.45) is 1.71. The Morgan fingerprint density at radius 2 is 1.79 bits per heavy atom. The lowest BCUT2D eigenvalue weighted by molar-refractivity contribution is -0.122. The van der Waals surface area contributed by atoms with E-state index in [0.29, 0.717) is 16.8 Å². The largest absolute Gasteiger partial charge is 0.368 e. The third-order valence-corrected chi connectivity index (χ3v) is 5.29. The molecule has 1 heterocycles. The number of hydrogen-bond acceptors (Lipinski definition) is 3. The number of fused-ring (bicyclic) bond motifs is 1. The summed E-state index contributed by atoms with van der Waals surface area (Å²) in [6.45, 7) is -0.305. The maximum Gasteiger partial charge on any atom is 0.252 e. The molecule has 3 rings (SSSR count). The van der Waals surface area contributed by atoms with Gasteiger partial charge >= 0.3 is 0 Å². The predicted molar refractivity (Wildman–Crippen MR) is 88.6 cm³/mol. The number of benzene rings is 2. The van der Waals surface area contributed by atoms with Gasteiger partial charge < -0.3 is 10.6 Å². The predicted octanol–water partition coefficient (Wildman–Crippen LogP) is 2.40. The number of thioether (sulfide) groups is 1. The zero-order chi connectivity index (χ0) is 17.5. The average molecular weight is 348 g/mol. The highest BCUT2D eigenvalue weighted by atomic mass is 32.2. The topological polar surface area (TPSA) is 63.4 Å². The first-order valence-corrected chi connectivity index (χ1v) is 8.34. The summed E-state index contributed by atoms with van der Waals surface area (Å²) >= 11 is 1.20. The molecular weight excluding hydrogens is 334 g/mol. The van der Waals surface area contributed by atoms with E-state index in [0.717, 1.165) is 0 Å². The van der Waals surface area contributed by atoms with Crippen LogP contribution in [0, 0.1) is 11.6 Å². The highest BCUT2D eigenvalue weighted by Gasteiger charge is 2.52. The third kappa shape index (κ3) is 2.36. The number of nitrogens with two attached hydrogens (primary N) is 1. The first-order valence-electron chi connectivity index (χ1n) is 7.11. The highest BCUT2D eigenvalue weighted by molar-refractivity contribution is 8.00. The molecule has 1 atom stereocenters. The lowest BCUT2D eigenvalue weighted by atomic mass is 9.91. The molecule has 1 aliphatic heterocycles. The Balaban J connectivity index is 2.26. The molecule has 7 heteroatoms. The molecule has 0 aromatic heterocycles. The highest BCUT2D eigenvalue weighted by Crippen LogP contribution is 2.52. The van der Waals surface area contributed by atoms with Gasteiger partial charge in [-0.25, -0.2) is 8.78 Å². The summed E-state index contributed by atoms with van der Waals surface area (Å²) in [6, 6.07) is 9.42. The zero-order valence-corrected chi connectivity index (χ0v) is 13.6. The number of nitrogens with zero attached hydrogens (tertiary/aromatic N) is 1. The molecule has 0 fully saturated rings. The fraction of sp³-hybridized carbons (Fsp3) is 0.176. The number of carbonyl (C=O) groups excluding carboxylic acids is 2. The molecule has 4 nitrogen and oxygen atoms in total. The van der Waals surface area contributed by atoms with Gasteiger partial charge in [-0.05, 0) is 42.2 Å². The molecule has 2 aromatic carbocycles. The summed E-state index contributed by atoms with van der Waals surface area (Å²) in [5, 5.41) is 0. The second kappa shape index (κ2) is 5.90. The van der Waals surface area contributed by atoms with Gasteiger partial charge in [-0.2, -0.15) is 0 Å². The van der Waals surface area contributed by atoms with E-state index in [4.69, 9.17) is 5.73 Å². The summed E-state index contributed by atoms with van der Waals surface area (Å²) in [7, 11) is 0. The number of rotatable bonds is 4. The van der Waals surface area contributed by atoms with E-state index in [1.54, 1.807) is 6.26 Å². The van der Waals surface area contributed by atoms with Crippen LogP contribution in [0.1, 0.15) is 11.1 Å². The Labute approximate surface area is 141 Å². The smallest absolute Gasteiger partial charge is 0.252 e. The van der Waals surface area contributed by atoms with Gasteiger partial charge in [-0.1, -0.05) is 12.1 Å². The Morgan fingerprint density at radius 1 is 1.17 bits per heavy atom. The van der Waals surface area contributed by atoms with Crippen molar-refractivity contribution in [3.63, 3.8) is 0 Å². The normalized spacial score (nSPS) is 19.5. The van der Waals surface area contributed by atoms with Crippen LogP contribution in [0.3, 0.4) is 0 Å². The SMILES string of the molecule is CS[C@]1(c2ccc(F)cc2)C(=O)N(CC(N)=O)c2ccc(F)cc21. The molecule has 0 unspecified atom stereocenters. The molecule has 0 radical (unpaired) electrons. The fourth-order valence-corrected chi connectivity index (χ4v) is 4.07. The van der Waals surface area contributed by atoms with Crippen molar-refractivity contribution in [3.8, 4) is 0 Å². The van der Waals surface area contributed by atoms with Crippen molar-refractivity contribution in [2.75, 3.05) is 17.7 Å². The van der Waals surface area contributed by atoms with Crippen molar-refractivity contribution in [1.82, 2.24) is 0 Å². The van der Waals surface area contributed by atoms with E-state index in [9.17, 15) is 18.4 Å². The van der Waals surface area contributed by atoms with Crippen molar-refractivity contribution in [2.24, 2.45) is 5.73 Å². The molecule has 0 spiro atoms. The number of halogens is 2. The third-order valence-electron chi connectivity index (χ3n) is 4.05. The van der Waals surface area contributed by atoms with Gasteiger partial charge in [-0.15, -0.1) is 11.8 Å². The molecule has 0 saturated carbocycles. The number of hydrogen-bond donors (Lipinski definition) is 1. The van der Waals surface area contributed by atoms with Crippen LogP contribution in [0.15, 0.2) is 42.5 Å². The van der Waals surface area contributed by atoms with E-state index in [1.165, 1.54) is 59.1 Å². The standard InChI is InChI=1S/C17H14F2N2O2S/c1-24-17(10-2-4-11(18)5-3-10)13-8-12(19)6-7-14(13)21(16(17)23)9-15(20)22/h2-8H,9H2,1H3,(H2,20,22)/t17-/m0/s1. The molecule has 0 saturated heterocycles. The van der Waals surface area contributed by atoms with E-state index in [-0.39, 0.29) is 6.54 Å². The lowest BCUT2D eigenvalue weighted by Crippen LogP contribution is -2.42. The van der Waals surface area contributed by atoms with Crippen LogP contribution in [0.25, 0.3) is 0 Å². The summed E-state index contributed by atoms with van der Waals surface area (Å²) in [5.74, 6) is -2.01.